The molecule has 3 aromatic rings. The summed E-state index contributed by atoms with van der Waals surface area (Å²) in [6, 6.07) is 5.72. The number of carbonyl (C=O) groups is 2. The maximum Gasteiger partial charge on any atom is 0.259 e. The Morgan fingerprint density at radius 1 is 1.13 bits per heavy atom. The van der Waals surface area contributed by atoms with E-state index in [-0.39, 0.29) is 11.8 Å². The molecular formula is C22H24N6O3. The molecule has 0 radical (unpaired) electrons. The number of fused-ring (bicyclic) bond motifs is 2. The first-order chi connectivity index (χ1) is 15.0. The van der Waals surface area contributed by atoms with Crippen molar-refractivity contribution < 1.29 is 14.1 Å². The Balaban J connectivity index is 1.37. The van der Waals surface area contributed by atoms with Crippen molar-refractivity contribution >= 4 is 17.6 Å². The highest BCUT2D eigenvalue weighted by Crippen LogP contribution is 2.41. The van der Waals surface area contributed by atoms with Crippen LogP contribution in [0.2, 0.25) is 0 Å². The molecule has 31 heavy (non-hydrogen) atoms. The van der Waals surface area contributed by atoms with E-state index in [9.17, 15) is 9.59 Å². The summed E-state index contributed by atoms with van der Waals surface area (Å²) in [5.41, 5.74) is 1.77. The minimum absolute atomic E-state index is 0.0618. The van der Waals surface area contributed by atoms with Gasteiger partial charge in [0.15, 0.2) is 0 Å². The fraction of sp³-hybridized carbons (Fsp3) is 0.409. The van der Waals surface area contributed by atoms with Gasteiger partial charge in [-0.3, -0.25) is 19.5 Å². The molecule has 0 atom stereocenters. The number of amides is 2. The number of pyridine rings is 1. The number of piperidine rings is 1. The summed E-state index contributed by atoms with van der Waals surface area (Å²) in [6.45, 7) is 5.13. The lowest BCUT2D eigenvalue weighted by atomic mass is 9.82. The van der Waals surface area contributed by atoms with Gasteiger partial charge in [-0.25, -0.2) is 4.68 Å². The second kappa shape index (κ2) is 7.33. The van der Waals surface area contributed by atoms with E-state index in [2.05, 4.69) is 15.2 Å². The summed E-state index contributed by atoms with van der Waals surface area (Å²) >= 11 is 0. The Morgan fingerprint density at radius 2 is 1.87 bits per heavy atom. The van der Waals surface area contributed by atoms with Gasteiger partial charge in [0.05, 0.1) is 30.4 Å². The molecule has 1 spiro atoms. The molecule has 9 nitrogen and oxygen atoms in total. The van der Waals surface area contributed by atoms with Gasteiger partial charge < -0.3 is 9.42 Å². The van der Waals surface area contributed by atoms with Crippen LogP contribution in [-0.4, -0.2) is 49.7 Å². The van der Waals surface area contributed by atoms with Crippen molar-refractivity contribution in [3.05, 3.63) is 59.4 Å². The number of hydrogen-bond acceptors (Lipinski definition) is 6. The van der Waals surface area contributed by atoms with Crippen molar-refractivity contribution in [1.29, 1.82) is 0 Å². The molecule has 1 saturated heterocycles. The molecule has 1 fully saturated rings. The number of aromatic nitrogens is 4. The molecular weight excluding hydrogens is 396 g/mol. The predicted octanol–water partition coefficient (Wildman–Crippen LogP) is 2.45. The molecule has 2 aliphatic heterocycles. The van der Waals surface area contributed by atoms with E-state index in [0.717, 1.165) is 11.4 Å². The summed E-state index contributed by atoms with van der Waals surface area (Å²) in [4.78, 5) is 33.9. The lowest BCUT2D eigenvalue weighted by Gasteiger charge is -2.46. The largest absolute Gasteiger partial charge is 0.361 e. The van der Waals surface area contributed by atoms with E-state index in [1.165, 1.54) is 0 Å². The summed E-state index contributed by atoms with van der Waals surface area (Å²) in [5.74, 6) is 1.36. The molecule has 0 aromatic carbocycles. The van der Waals surface area contributed by atoms with Crippen LogP contribution in [0.3, 0.4) is 0 Å². The van der Waals surface area contributed by atoms with E-state index < -0.39 is 5.54 Å². The molecule has 9 heteroatoms. The van der Waals surface area contributed by atoms with Gasteiger partial charge in [-0.05, 0) is 44.4 Å². The van der Waals surface area contributed by atoms with E-state index in [0.29, 0.717) is 55.9 Å². The van der Waals surface area contributed by atoms with Crippen molar-refractivity contribution in [1.82, 2.24) is 24.8 Å². The van der Waals surface area contributed by atoms with Crippen LogP contribution in [-0.2, 0) is 16.9 Å². The van der Waals surface area contributed by atoms with E-state index in [1.54, 1.807) is 37.3 Å². The Morgan fingerprint density at radius 3 is 2.55 bits per heavy atom. The molecule has 0 N–H and O–H groups in total. The van der Waals surface area contributed by atoms with Crippen LogP contribution in [0.25, 0.3) is 0 Å². The first-order valence-corrected chi connectivity index (χ1v) is 10.4. The SMILES string of the molecule is Cc1noc(C)c1C(=O)N1CCC2(CC1)CC(=O)N(Cc1ccncc1)c1ccnn12. The summed E-state index contributed by atoms with van der Waals surface area (Å²) in [7, 11) is 0. The van der Waals surface area contributed by atoms with Crippen LogP contribution < -0.4 is 4.90 Å². The molecule has 2 amide bonds. The zero-order valence-corrected chi connectivity index (χ0v) is 17.6. The molecule has 0 aliphatic carbocycles. The van der Waals surface area contributed by atoms with Crippen molar-refractivity contribution in [3.8, 4) is 0 Å². The van der Waals surface area contributed by atoms with Crippen LogP contribution in [0, 0.1) is 13.8 Å². The summed E-state index contributed by atoms with van der Waals surface area (Å²) in [5, 5.41) is 8.49. The van der Waals surface area contributed by atoms with Crippen molar-refractivity contribution in [2.75, 3.05) is 18.0 Å². The van der Waals surface area contributed by atoms with Gasteiger partial charge in [0.25, 0.3) is 5.91 Å². The predicted molar refractivity (Wildman–Crippen MR) is 111 cm³/mol. The topological polar surface area (TPSA) is 97.4 Å². The minimum atomic E-state index is -0.403. The number of hydrogen-bond donors (Lipinski definition) is 0. The fourth-order valence-electron chi connectivity index (χ4n) is 4.75. The Labute approximate surface area is 179 Å². The average molecular weight is 420 g/mol. The molecule has 0 unspecified atom stereocenters. The molecule has 5 heterocycles. The molecule has 2 aliphatic rings. The number of aryl methyl sites for hydroxylation is 2. The fourth-order valence-corrected chi connectivity index (χ4v) is 4.75. The second-order valence-electron chi connectivity index (χ2n) is 8.33. The Hall–Kier alpha value is -3.49. The lowest BCUT2D eigenvalue weighted by molar-refractivity contribution is -0.123. The van der Waals surface area contributed by atoms with Crippen molar-refractivity contribution in [3.63, 3.8) is 0 Å². The monoisotopic (exact) mass is 420 g/mol. The second-order valence-corrected chi connectivity index (χ2v) is 8.33. The van der Waals surface area contributed by atoms with Crippen molar-refractivity contribution in [2.24, 2.45) is 0 Å². The Bertz CT molecular complexity index is 1110. The summed E-state index contributed by atoms with van der Waals surface area (Å²) in [6.07, 6.45) is 6.93. The molecule has 5 rings (SSSR count). The molecule has 0 saturated carbocycles. The van der Waals surface area contributed by atoms with Gasteiger partial charge in [0.2, 0.25) is 5.91 Å². The average Bonchev–Trinajstić information content (AvgIpc) is 3.39. The van der Waals surface area contributed by atoms with Crippen LogP contribution in [0.15, 0.2) is 41.3 Å². The quantitative estimate of drug-likeness (QED) is 0.646. The number of carbonyl (C=O) groups excluding carboxylic acids is 2. The third kappa shape index (κ3) is 3.20. The number of likely N-dealkylation sites (tertiary alicyclic amines) is 1. The first kappa shape index (κ1) is 19.5. The maximum atomic E-state index is 13.2. The smallest absolute Gasteiger partial charge is 0.259 e. The van der Waals surface area contributed by atoms with Crippen LogP contribution in [0.5, 0.6) is 0 Å². The molecule has 160 valence electrons. The van der Waals surface area contributed by atoms with Gasteiger partial charge in [-0.2, -0.15) is 5.10 Å². The van der Waals surface area contributed by atoms with E-state index in [4.69, 9.17) is 4.52 Å². The Kier molecular flexibility index (Phi) is 4.60. The van der Waals surface area contributed by atoms with Crippen LogP contribution >= 0.6 is 0 Å². The maximum absolute atomic E-state index is 13.2. The minimum Gasteiger partial charge on any atom is -0.361 e. The van der Waals surface area contributed by atoms with Gasteiger partial charge in [0.1, 0.15) is 17.1 Å². The van der Waals surface area contributed by atoms with E-state index in [1.807, 2.05) is 27.8 Å². The van der Waals surface area contributed by atoms with Crippen molar-refractivity contribution in [2.45, 2.75) is 45.2 Å². The van der Waals surface area contributed by atoms with Crippen LogP contribution in [0.4, 0.5) is 5.82 Å². The first-order valence-electron chi connectivity index (χ1n) is 10.4. The third-order valence-electron chi connectivity index (χ3n) is 6.45. The number of rotatable bonds is 3. The third-order valence-corrected chi connectivity index (χ3v) is 6.45. The van der Waals surface area contributed by atoms with Gasteiger partial charge >= 0.3 is 0 Å². The highest BCUT2D eigenvalue weighted by atomic mass is 16.5. The highest BCUT2D eigenvalue weighted by Gasteiger charge is 2.46. The zero-order valence-electron chi connectivity index (χ0n) is 17.6. The summed E-state index contributed by atoms with van der Waals surface area (Å²) < 4.78 is 7.16. The standard InChI is InChI=1S/C22H24N6O3/c1-15-20(16(2)31-25-15)21(30)26-11-6-22(7-12-26)13-19(29)27(18-5-10-24-28(18)22)14-17-3-8-23-9-4-17/h3-5,8-10H,6-7,11-14H2,1-2H3. The van der Waals surface area contributed by atoms with Gasteiger partial charge in [-0.15, -0.1) is 0 Å². The number of nitrogens with zero attached hydrogens (tertiary/aromatic N) is 6. The number of anilines is 1. The van der Waals surface area contributed by atoms with Gasteiger partial charge in [-0.1, -0.05) is 5.16 Å². The van der Waals surface area contributed by atoms with Crippen LogP contribution in [0.1, 0.15) is 46.6 Å². The van der Waals surface area contributed by atoms with E-state index >= 15 is 0 Å². The normalized spacial score (nSPS) is 17.8. The lowest BCUT2D eigenvalue weighted by Crippen LogP contribution is -2.54. The zero-order chi connectivity index (χ0) is 21.6. The highest BCUT2D eigenvalue weighted by molar-refractivity contribution is 5.96. The molecule has 0 bridgehead atoms. The van der Waals surface area contributed by atoms with Gasteiger partial charge in [0, 0.05) is 31.5 Å². The molecule has 3 aromatic heterocycles.